The first kappa shape index (κ1) is 12.1. The number of rotatable bonds is 5. The number of carbonyl (C=O) groups excluding carboxylic acids is 1. The fourth-order valence-corrected chi connectivity index (χ4v) is 1.01. The highest BCUT2D eigenvalue weighted by atomic mass is 16.4. The van der Waals surface area contributed by atoms with Crippen molar-refractivity contribution in [3.05, 3.63) is 11.9 Å². The molecule has 0 atom stereocenters. The summed E-state index contributed by atoms with van der Waals surface area (Å²) in [6.45, 7) is -0.00390. The third kappa shape index (κ3) is 3.02. The van der Waals surface area contributed by atoms with Crippen molar-refractivity contribution in [3.63, 3.8) is 0 Å². The van der Waals surface area contributed by atoms with Gasteiger partial charge in [0, 0.05) is 13.6 Å². The maximum atomic E-state index is 11.5. The van der Waals surface area contributed by atoms with Crippen molar-refractivity contribution in [2.24, 2.45) is 0 Å². The molecule has 0 aliphatic rings. The predicted molar refractivity (Wildman–Crippen MR) is 51.7 cm³/mol. The summed E-state index contributed by atoms with van der Waals surface area (Å²) in [5.41, 5.74) is -0.211. The Labute approximate surface area is 91.1 Å². The molecule has 1 amide bonds. The number of nitrogens with zero attached hydrogens (tertiary/aromatic N) is 4. The van der Waals surface area contributed by atoms with Gasteiger partial charge in [0.1, 0.15) is 6.54 Å². The summed E-state index contributed by atoms with van der Waals surface area (Å²) in [6, 6.07) is 0. The van der Waals surface area contributed by atoms with Gasteiger partial charge in [0.2, 0.25) is 5.91 Å². The van der Waals surface area contributed by atoms with Crippen LogP contribution in [-0.4, -0.2) is 62.2 Å². The topological polar surface area (TPSA) is 109 Å². The summed E-state index contributed by atoms with van der Waals surface area (Å²) in [5.74, 6) is -1.47. The van der Waals surface area contributed by atoms with E-state index in [1.165, 1.54) is 18.1 Å². The molecule has 1 aromatic heterocycles. The van der Waals surface area contributed by atoms with Gasteiger partial charge in [0.25, 0.3) is 0 Å². The van der Waals surface area contributed by atoms with Crippen LogP contribution in [0.5, 0.6) is 0 Å². The molecule has 1 rings (SSSR count). The van der Waals surface area contributed by atoms with E-state index in [0.717, 1.165) is 4.68 Å². The van der Waals surface area contributed by atoms with E-state index in [9.17, 15) is 9.59 Å². The Balaban J connectivity index is 2.59. The Morgan fingerprint density at radius 3 is 2.75 bits per heavy atom. The van der Waals surface area contributed by atoms with Crippen LogP contribution in [0.3, 0.4) is 0 Å². The molecule has 8 nitrogen and oxygen atoms in total. The molecule has 8 heteroatoms. The van der Waals surface area contributed by atoms with Gasteiger partial charge in [-0.1, -0.05) is 5.21 Å². The quantitative estimate of drug-likeness (QED) is 0.630. The third-order valence-corrected chi connectivity index (χ3v) is 1.92. The largest absolute Gasteiger partial charge is 0.476 e. The molecule has 2 N–H and O–H groups in total. The number of aromatic nitrogens is 3. The molecule has 1 heterocycles. The van der Waals surface area contributed by atoms with E-state index in [1.54, 1.807) is 0 Å². The van der Waals surface area contributed by atoms with Crippen molar-refractivity contribution in [1.82, 2.24) is 19.9 Å². The number of carboxylic acids is 1. The summed E-state index contributed by atoms with van der Waals surface area (Å²) in [7, 11) is 1.54. The van der Waals surface area contributed by atoms with Gasteiger partial charge in [-0.15, -0.1) is 5.10 Å². The first-order chi connectivity index (χ1) is 7.54. The molecule has 0 saturated carbocycles. The first-order valence-electron chi connectivity index (χ1n) is 4.53. The van der Waals surface area contributed by atoms with E-state index in [4.69, 9.17) is 10.2 Å². The molecule has 88 valence electrons. The molecular formula is C8H12N4O4. The lowest BCUT2D eigenvalue weighted by atomic mass is 10.4. The van der Waals surface area contributed by atoms with Crippen LogP contribution in [0.15, 0.2) is 6.20 Å². The third-order valence-electron chi connectivity index (χ3n) is 1.92. The Morgan fingerprint density at radius 2 is 2.25 bits per heavy atom. The number of carbonyl (C=O) groups is 2. The minimum atomic E-state index is -1.19. The van der Waals surface area contributed by atoms with Crippen LogP contribution in [0.2, 0.25) is 0 Å². The van der Waals surface area contributed by atoms with Crippen molar-refractivity contribution in [2.75, 3.05) is 20.2 Å². The van der Waals surface area contributed by atoms with Crippen molar-refractivity contribution in [1.29, 1.82) is 0 Å². The van der Waals surface area contributed by atoms with Crippen LogP contribution < -0.4 is 0 Å². The summed E-state index contributed by atoms with van der Waals surface area (Å²) < 4.78 is 1.14. The van der Waals surface area contributed by atoms with Gasteiger partial charge >= 0.3 is 5.97 Å². The van der Waals surface area contributed by atoms with Crippen molar-refractivity contribution < 1.29 is 19.8 Å². The van der Waals surface area contributed by atoms with Gasteiger partial charge in [-0.3, -0.25) is 4.79 Å². The maximum absolute atomic E-state index is 11.5. The molecule has 0 aliphatic heterocycles. The minimum Gasteiger partial charge on any atom is -0.476 e. The average Bonchev–Trinajstić information content (AvgIpc) is 2.66. The standard InChI is InChI=1S/C8H12N4O4/c1-11(2-3-13)7(14)5-12-4-6(8(15)16)9-10-12/h4,13H,2-3,5H2,1H3,(H,15,16). The number of hydrogen-bond acceptors (Lipinski definition) is 5. The highest BCUT2D eigenvalue weighted by Crippen LogP contribution is 1.94. The van der Waals surface area contributed by atoms with Gasteiger partial charge in [-0.25, -0.2) is 9.48 Å². The fourth-order valence-electron chi connectivity index (χ4n) is 1.01. The van der Waals surface area contributed by atoms with E-state index in [2.05, 4.69) is 10.3 Å². The predicted octanol–water partition coefficient (Wildman–Crippen LogP) is -1.57. The summed E-state index contributed by atoms with van der Waals surface area (Å²) >= 11 is 0. The van der Waals surface area contributed by atoms with Crippen LogP contribution in [-0.2, 0) is 11.3 Å². The van der Waals surface area contributed by atoms with Crippen LogP contribution >= 0.6 is 0 Å². The molecule has 0 fully saturated rings. The summed E-state index contributed by atoms with van der Waals surface area (Å²) in [6.07, 6.45) is 1.17. The van der Waals surface area contributed by atoms with Crippen LogP contribution in [0.4, 0.5) is 0 Å². The average molecular weight is 228 g/mol. The van der Waals surface area contributed by atoms with Crippen LogP contribution in [0.1, 0.15) is 10.5 Å². The number of aliphatic hydroxyl groups is 1. The zero-order valence-corrected chi connectivity index (χ0v) is 8.70. The number of hydrogen-bond donors (Lipinski definition) is 2. The Morgan fingerprint density at radius 1 is 1.56 bits per heavy atom. The zero-order chi connectivity index (χ0) is 12.1. The van der Waals surface area contributed by atoms with E-state index >= 15 is 0 Å². The van der Waals surface area contributed by atoms with Gasteiger partial charge < -0.3 is 15.1 Å². The molecule has 0 aliphatic carbocycles. The van der Waals surface area contributed by atoms with Crippen molar-refractivity contribution in [3.8, 4) is 0 Å². The van der Waals surface area contributed by atoms with Crippen molar-refractivity contribution in [2.45, 2.75) is 6.54 Å². The first-order valence-corrected chi connectivity index (χ1v) is 4.53. The Hall–Kier alpha value is -1.96. The lowest BCUT2D eigenvalue weighted by Gasteiger charge is -2.14. The monoisotopic (exact) mass is 228 g/mol. The maximum Gasteiger partial charge on any atom is 0.358 e. The van der Waals surface area contributed by atoms with E-state index in [1.807, 2.05) is 0 Å². The number of aliphatic hydroxyl groups excluding tert-OH is 1. The molecule has 0 radical (unpaired) electrons. The van der Waals surface area contributed by atoms with Crippen LogP contribution in [0.25, 0.3) is 0 Å². The number of aromatic carboxylic acids is 1. The molecule has 0 unspecified atom stereocenters. The fraction of sp³-hybridized carbons (Fsp3) is 0.500. The number of amides is 1. The molecule has 0 spiro atoms. The molecule has 0 aromatic carbocycles. The Bertz CT molecular complexity index is 389. The normalized spacial score (nSPS) is 10.1. The zero-order valence-electron chi connectivity index (χ0n) is 8.70. The van der Waals surface area contributed by atoms with E-state index < -0.39 is 5.97 Å². The smallest absolute Gasteiger partial charge is 0.358 e. The Kier molecular flexibility index (Phi) is 3.95. The highest BCUT2D eigenvalue weighted by molar-refractivity contribution is 5.84. The molecule has 0 saturated heterocycles. The molecule has 0 bridgehead atoms. The lowest BCUT2D eigenvalue weighted by Crippen LogP contribution is -2.32. The van der Waals surface area contributed by atoms with E-state index in [0.29, 0.717) is 0 Å². The second-order valence-electron chi connectivity index (χ2n) is 3.15. The van der Waals surface area contributed by atoms with Gasteiger partial charge in [-0.05, 0) is 0 Å². The van der Waals surface area contributed by atoms with Crippen LogP contribution in [0, 0.1) is 0 Å². The number of likely N-dealkylation sites (N-methyl/N-ethyl adjacent to an activating group) is 1. The van der Waals surface area contributed by atoms with Gasteiger partial charge in [0.05, 0.1) is 12.8 Å². The minimum absolute atomic E-state index is 0.100. The summed E-state index contributed by atoms with van der Waals surface area (Å²) in [5, 5.41) is 24.1. The number of carboxylic acid groups (broad SMARTS) is 1. The highest BCUT2D eigenvalue weighted by Gasteiger charge is 2.12. The van der Waals surface area contributed by atoms with Gasteiger partial charge in [0.15, 0.2) is 5.69 Å². The van der Waals surface area contributed by atoms with E-state index in [-0.39, 0.29) is 31.3 Å². The summed E-state index contributed by atoms with van der Waals surface area (Å²) in [4.78, 5) is 23.3. The second kappa shape index (κ2) is 5.21. The molecule has 16 heavy (non-hydrogen) atoms. The second-order valence-corrected chi connectivity index (χ2v) is 3.15. The van der Waals surface area contributed by atoms with Gasteiger partial charge in [-0.2, -0.15) is 0 Å². The lowest BCUT2D eigenvalue weighted by molar-refractivity contribution is -0.131. The molecule has 1 aromatic rings. The molecular weight excluding hydrogens is 216 g/mol. The SMILES string of the molecule is CN(CCO)C(=O)Cn1cc(C(=O)O)nn1. The van der Waals surface area contributed by atoms with Crippen molar-refractivity contribution >= 4 is 11.9 Å².